The lowest BCUT2D eigenvalue weighted by atomic mass is 9.89. The average Bonchev–Trinajstić information content (AvgIpc) is 2.69. The number of ketones is 1. The van der Waals surface area contributed by atoms with E-state index < -0.39 is 0 Å². The number of hydrogen-bond donors (Lipinski definition) is 1. The van der Waals surface area contributed by atoms with Gasteiger partial charge in [-0.2, -0.15) is 0 Å². The first kappa shape index (κ1) is 12.3. The van der Waals surface area contributed by atoms with E-state index in [9.17, 15) is 4.79 Å². The summed E-state index contributed by atoms with van der Waals surface area (Å²) in [7, 11) is 0. The normalized spacial score (nSPS) is 18.3. The summed E-state index contributed by atoms with van der Waals surface area (Å²) < 4.78 is 0. The van der Waals surface area contributed by atoms with Crippen LogP contribution in [0.15, 0.2) is 18.2 Å². The molecule has 2 heteroatoms. The summed E-state index contributed by atoms with van der Waals surface area (Å²) in [4.78, 5) is 12.2. The smallest absolute Gasteiger partial charge is 0.164 e. The van der Waals surface area contributed by atoms with E-state index in [-0.39, 0.29) is 11.3 Å². The molecule has 1 fully saturated rings. The maximum atomic E-state index is 12.2. The second-order valence-corrected chi connectivity index (χ2v) is 5.47. The molecular weight excluding hydrogens is 210 g/mol. The molecule has 2 rings (SSSR count). The lowest BCUT2D eigenvalue weighted by Crippen LogP contribution is -2.38. The number of hydrogen-bond acceptors (Lipinski definition) is 2. The minimum Gasteiger partial charge on any atom is -0.325 e. The second kappa shape index (κ2) is 4.61. The fourth-order valence-corrected chi connectivity index (χ4v) is 2.59. The molecule has 2 nitrogen and oxygen atoms in total. The van der Waals surface area contributed by atoms with Gasteiger partial charge in [0.2, 0.25) is 0 Å². The molecule has 1 aliphatic carbocycles. The minimum atomic E-state index is -0.240. The Morgan fingerprint density at radius 1 is 1.24 bits per heavy atom. The van der Waals surface area contributed by atoms with E-state index in [4.69, 9.17) is 5.73 Å². The molecule has 2 N–H and O–H groups in total. The SMILES string of the molecule is Cc1ccc(C(=O)CC2(N)CCCC2)cc1C. The van der Waals surface area contributed by atoms with Crippen LogP contribution in [0.25, 0.3) is 0 Å². The molecule has 0 aromatic heterocycles. The molecule has 1 aromatic carbocycles. The van der Waals surface area contributed by atoms with Crippen molar-refractivity contribution in [2.75, 3.05) is 0 Å². The van der Waals surface area contributed by atoms with Gasteiger partial charge in [0.25, 0.3) is 0 Å². The Morgan fingerprint density at radius 3 is 2.47 bits per heavy atom. The van der Waals surface area contributed by atoms with E-state index >= 15 is 0 Å². The molecular formula is C15H21NO. The molecule has 1 saturated carbocycles. The first-order valence-corrected chi connectivity index (χ1v) is 6.40. The van der Waals surface area contributed by atoms with E-state index in [1.54, 1.807) is 0 Å². The van der Waals surface area contributed by atoms with Gasteiger partial charge in [-0.1, -0.05) is 25.0 Å². The van der Waals surface area contributed by atoms with Crippen molar-refractivity contribution in [1.82, 2.24) is 0 Å². The van der Waals surface area contributed by atoms with Crippen LogP contribution >= 0.6 is 0 Å². The van der Waals surface area contributed by atoms with Crippen LogP contribution in [0.4, 0.5) is 0 Å². The summed E-state index contributed by atoms with van der Waals surface area (Å²) in [6.45, 7) is 4.10. The largest absolute Gasteiger partial charge is 0.325 e. The van der Waals surface area contributed by atoms with Gasteiger partial charge in [-0.05, 0) is 43.9 Å². The zero-order valence-corrected chi connectivity index (χ0v) is 10.8. The topological polar surface area (TPSA) is 43.1 Å². The predicted octanol–water partition coefficient (Wildman–Crippen LogP) is 3.15. The molecule has 92 valence electrons. The fraction of sp³-hybridized carbons (Fsp3) is 0.533. The zero-order chi connectivity index (χ0) is 12.5. The third kappa shape index (κ3) is 2.75. The Morgan fingerprint density at radius 2 is 1.88 bits per heavy atom. The molecule has 1 aliphatic rings. The molecule has 0 aliphatic heterocycles. The number of carbonyl (C=O) groups excluding carboxylic acids is 1. The van der Waals surface area contributed by atoms with Gasteiger partial charge in [-0.25, -0.2) is 0 Å². The lowest BCUT2D eigenvalue weighted by molar-refractivity contribution is 0.0952. The van der Waals surface area contributed by atoms with Gasteiger partial charge in [0.15, 0.2) is 5.78 Å². The Kier molecular flexibility index (Phi) is 3.34. The second-order valence-electron chi connectivity index (χ2n) is 5.47. The third-order valence-corrected chi connectivity index (χ3v) is 3.94. The number of Topliss-reactive ketones (excluding diaryl/α,β-unsaturated/α-hetero) is 1. The van der Waals surface area contributed by atoms with Gasteiger partial charge in [0, 0.05) is 17.5 Å². The van der Waals surface area contributed by atoms with E-state index in [1.807, 2.05) is 25.1 Å². The van der Waals surface area contributed by atoms with Crippen molar-refractivity contribution in [2.24, 2.45) is 5.73 Å². The Labute approximate surface area is 103 Å². The van der Waals surface area contributed by atoms with Crippen LogP contribution in [0.3, 0.4) is 0 Å². The number of rotatable bonds is 3. The Balaban J connectivity index is 2.11. The number of carbonyl (C=O) groups is 1. The highest BCUT2D eigenvalue weighted by atomic mass is 16.1. The molecule has 0 spiro atoms. The van der Waals surface area contributed by atoms with Crippen LogP contribution in [-0.4, -0.2) is 11.3 Å². The summed E-state index contributed by atoms with van der Waals surface area (Å²) in [6.07, 6.45) is 4.80. The third-order valence-electron chi connectivity index (χ3n) is 3.94. The molecule has 0 atom stereocenters. The predicted molar refractivity (Wildman–Crippen MR) is 70.2 cm³/mol. The number of benzene rings is 1. The molecule has 0 heterocycles. The average molecular weight is 231 g/mol. The standard InChI is InChI=1S/C15H21NO/c1-11-5-6-13(9-12(11)2)14(17)10-15(16)7-3-4-8-15/h5-6,9H,3-4,7-8,10,16H2,1-2H3. The molecule has 0 unspecified atom stereocenters. The van der Waals surface area contributed by atoms with Gasteiger partial charge in [0.05, 0.1) is 0 Å². The molecule has 0 radical (unpaired) electrons. The van der Waals surface area contributed by atoms with Crippen molar-refractivity contribution in [3.05, 3.63) is 34.9 Å². The summed E-state index contributed by atoms with van der Waals surface area (Å²) in [6, 6.07) is 5.92. The van der Waals surface area contributed by atoms with Crippen LogP contribution in [0.1, 0.15) is 53.6 Å². The maximum absolute atomic E-state index is 12.2. The van der Waals surface area contributed by atoms with Crippen LogP contribution in [-0.2, 0) is 0 Å². The van der Waals surface area contributed by atoms with Crippen molar-refractivity contribution >= 4 is 5.78 Å². The number of nitrogens with two attached hydrogens (primary N) is 1. The summed E-state index contributed by atoms with van der Waals surface area (Å²) in [5, 5.41) is 0. The Bertz CT molecular complexity index is 431. The van der Waals surface area contributed by atoms with Crippen LogP contribution in [0.2, 0.25) is 0 Å². The lowest BCUT2D eigenvalue weighted by Gasteiger charge is -2.22. The highest BCUT2D eigenvalue weighted by Crippen LogP contribution is 2.31. The summed E-state index contributed by atoms with van der Waals surface area (Å²) in [5.74, 6) is 0.192. The maximum Gasteiger partial charge on any atom is 0.164 e. The molecule has 0 saturated heterocycles. The molecule has 1 aromatic rings. The quantitative estimate of drug-likeness (QED) is 0.812. The summed E-state index contributed by atoms with van der Waals surface area (Å²) in [5.41, 5.74) is 9.22. The van der Waals surface area contributed by atoms with Crippen molar-refractivity contribution < 1.29 is 4.79 Å². The van der Waals surface area contributed by atoms with Crippen LogP contribution < -0.4 is 5.73 Å². The van der Waals surface area contributed by atoms with Gasteiger partial charge in [-0.15, -0.1) is 0 Å². The van der Waals surface area contributed by atoms with Gasteiger partial charge < -0.3 is 5.73 Å². The van der Waals surface area contributed by atoms with Crippen molar-refractivity contribution in [3.63, 3.8) is 0 Å². The van der Waals surface area contributed by atoms with Gasteiger partial charge in [-0.3, -0.25) is 4.79 Å². The zero-order valence-electron chi connectivity index (χ0n) is 10.8. The van der Waals surface area contributed by atoms with Crippen LogP contribution in [0.5, 0.6) is 0 Å². The van der Waals surface area contributed by atoms with Gasteiger partial charge >= 0.3 is 0 Å². The van der Waals surface area contributed by atoms with E-state index in [0.717, 1.165) is 31.2 Å². The number of aryl methyl sites for hydroxylation is 2. The van der Waals surface area contributed by atoms with E-state index in [0.29, 0.717) is 6.42 Å². The van der Waals surface area contributed by atoms with Crippen molar-refractivity contribution in [3.8, 4) is 0 Å². The fourth-order valence-electron chi connectivity index (χ4n) is 2.59. The molecule has 0 bridgehead atoms. The van der Waals surface area contributed by atoms with Crippen LogP contribution in [0, 0.1) is 13.8 Å². The van der Waals surface area contributed by atoms with Crippen molar-refractivity contribution in [2.45, 2.75) is 51.5 Å². The van der Waals surface area contributed by atoms with Crippen molar-refractivity contribution in [1.29, 1.82) is 0 Å². The summed E-state index contributed by atoms with van der Waals surface area (Å²) >= 11 is 0. The molecule has 0 amide bonds. The monoisotopic (exact) mass is 231 g/mol. The first-order chi connectivity index (χ1) is 8.00. The van der Waals surface area contributed by atoms with E-state index in [1.165, 1.54) is 11.1 Å². The molecule has 17 heavy (non-hydrogen) atoms. The van der Waals surface area contributed by atoms with Gasteiger partial charge in [0.1, 0.15) is 0 Å². The highest BCUT2D eigenvalue weighted by Gasteiger charge is 2.31. The first-order valence-electron chi connectivity index (χ1n) is 6.40. The van der Waals surface area contributed by atoms with E-state index in [2.05, 4.69) is 6.92 Å². The minimum absolute atomic E-state index is 0.192. The highest BCUT2D eigenvalue weighted by molar-refractivity contribution is 5.97. The Hall–Kier alpha value is -1.15.